The van der Waals surface area contributed by atoms with Gasteiger partial charge in [-0.15, -0.1) is 11.3 Å². The number of thiophene rings is 1. The van der Waals surface area contributed by atoms with Crippen LogP contribution in [0.2, 0.25) is 5.02 Å². The second kappa shape index (κ2) is 5.95. The lowest BCUT2D eigenvalue weighted by Gasteiger charge is -2.26. The molecule has 0 saturated heterocycles. The van der Waals surface area contributed by atoms with E-state index in [1.54, 1.807) is 0 Å². The van der Waals surface area contributed by atoms with E-state index in [-0.39, 0.29) is 0 Å². The standard InChI is InChI=1S/C13H16ClN5S/c14-11-12(15)17-8-18-13(11)16-3-5-19-4-1-10-9(7-19)2-6-20-10/h2,6,8H,1,3-5,7H2,(H3,15,16,17,18). The Labute approximate surface area is 126 Å². The molecule has 1 aliphatic heterocycles. The van der Waals surface area contributed by atoms with Crippen LogP contribution in [0.15, 0.2) is 17.8 Å². The monoisotopic (exact) mass is 309 g/mol. The van der Waals surface area contributed by atoms with Gasteiger partial charge in [0.15, 0.2) is 0 Å². The zero-order valence-electron chi connectivity index (χ0n) is 11.0. The number of rotatable bonds is 4. The fraction of sp³-hybridized carbons (Fsp3) is 0.385. The van der Waals surface area contributed by atoms with Gasteiger partial charge in [-0.2, -0.15) is 0 Å². The van der Waals surface area contributed by atoms with Crippen LogP contribution < -0.4 is 11.1 Å². The van der Waals surface area contributed by atoms with E-state index in [4.69, 9.17) is 17.3 Å². The van der Waals surface area contributed by atoms with Gasteiger partial charge in [0.25, 0.3) is 0 Å². The first kappa shape index (κ1) is 13.6. The SMILES string of the molecule is Nc1ncnc(NCCN2CCc3sccc3C2)c1Cl. The number of fused-ring (bicyclic) bond motifs is 1. The molecule has 0 atom stereocenters. The molecule has 0 amide bonds. The van der Waals surface area contributed by atoms with Gasteiger partial charge in [-0.25, -0.2) is 9.97 Å². The molecule has 2 aromatic rings. The second-order valence-electron chi connectivity index (χ2n) is 4.74. The maximum absolute atomic E-state index is 6.04. The first-order chi connectivity index (χ1) is 9.74. The molecule has 0 saturated carbocycles. The van der Waals surface area contributed by atoms with Crippen LogP contribution in [0.5, 0.6) is 0 Å². The maximum atomic E-state index is 6.04. The van der Waals surface area contributed by atoms with E-state index in [0.29, 0.717) is 16.7 Å². The van der Waals surface area contributed by atoms with Crippen LogP contribution in [0.25, 0.3) is 0 Å². The third-order valence-corrected chi connectivity index (χ3v) is 4.82. The molecule has 2 aromatic heterocycles. The lowest BCUT2D eigenvalue weighted by molar-refractivity contribution is 0.266. The number of nitrogens with zero attached hydrogens (tertiary/aromatic N) is 3. The molecule has 0 radical (unpaired) electrons. The van der Waals surface area contributed by atoms with E-state index in [1.165, 1.54) is 16.8 Å². The molecular formula is C13H16ClN5S. The predicted octanol–water partition coefficient (Wildman–Crippen LogP) is 2.24. The van der Waals surface area contributed by atoms with Gasteiger partial charge in [-0.05, 0) is 23.4 Å². The lowest BCUT2D eigenvalue weighted by atomic mass is 10.1. The zero-order valence-corrected chi connectivity index (χ0v) is 12.5. The highest BCUT2D eigenvalue weighted by atomic mass is 35.5. The van der Waals surface area contributed by atoms with Crippen molar-refractivity contribution in [3.05, 3.63) is 33.2 Å². The van der Waals surface area contributed by atoms with Crippen LogP contribution in [-0.2, 0) is 13.0 Å². The predicted molar refractivity (Wildman–Crippen MR) is 83.2 cm³/mol. The number of nitrogen functional groups attached to an aromatic ring is 1. The Morgan fingerprint density at radius 1 is 1.45 bits per heavy atom. The van der Waals surface area contributed by atoms with Gasteiger partial charge >= 0.3 is 0 Å². The van der Waals surface area contributed by atoms with Crippen molar-refractivity contribution in [2.75, 3.05) is 30.7 Å². The second-order valence-corrected chi connectivity index (χ2v) is 6.12. The smallest absolute Gasteiger partial charge is 0.150 e. The number of nitrogens with one attached hydrogen (secondary N) is 1. The van der Waals surface area contributed by atoms with Crippen LogP contribution >= 0.6 is 22.9 Å². The average Bonchev–Trinajstić information content (AvgIpc) is 2.91. The first-order valence-electron chi connectivity index (χ1n) is 6.51. The van der Waals surface area contributed by atoms with E-state index in [1.807, 2.05) is 11.3 Å². The highest BCUT2D eigenvalue weighted by Gasteiger charge is 2.16. The summed E-state index contributed by atoms with van der Waals surface area (Å²) in [6, 6.07) is 2.22. The number of halogens is 1. The van der Waals surface area contributed by atoms with Crippen LogP contribution in [0.3, 0.4) is 0 Å². The topological polar surface area (TPSA) is 67.1 Å². The van der Waals surface area contributed by atoms with Gasteiger partial charge in [0.1, 0.15) is 23.0 Å². The fourth-order valence-electron chi connectivity index (χ4n) is 2.34. The molecule has 1 aliphatic rings. The summed E-state index contributed by atoms with van der Waals surface area (Å²) < 4.78 is 0. The summed E-state index contributed by atoms with van der Waals surface area (Å²) in [7, 11) is 0. The first-order valence-corrected chi connectivity index (χ1v) is 7.77. The number of nitrogens with two attached hydrogens (primary N) is 1. The van der Waals surface area contributed by atoms with Crippen molar-refractivity contribution in [3.63, 3.8) is 0 Å². The Morgan fingerprint density at radius 3 is 3.25 bits per heavy atom. The summed E-state index contributed by atoms with van der Waals surface area (Å²) in [5.41, 5.74) is 7.11. The Bertz CT molecular complexity index is 600. The summed E-state index contributed by atoms with van der Waals surface area (Å²) in [4.78, 5) is 11.9. The molecule has 106 valence electrons. The largest absolute Gasteiger partial charge is 0.382 e. The molecule has 3 rings (SSSR count). The van der Waals surface area contributed by atoms with Crippen molar-refractivity contribution in [2.45, 2.75) is 13.0 Å². The molecule has 0 bridgehead atoms. The fourth-order valence-corrected chi connectivity index (χ4v) is 3.39. The van der Waals surface area contributed by atoms with Crippen molar-refractivity contribution < 1.29 is 0 Å². The minimum Gasteiger partial charge on any atom is -0.382 e. The molecule has 20 heavy (non-hydrogen) atoms. The molecule has 0 fully saturated rings. The Hall–Kier alpha value is -1.37. The van der Waals surface area contributed by atoms with Gasteiger partial charge in [0.2, 0.25) is 0 Å². The van der Waals surface area contributed by atoms with Gasteiger partial charge < -0.3 is 11.1 Å². The summed E-state index contributed by atoms with van der Waals surface area (Å²) in [6.45, 7) is 3.88. The summed E-state index contributed by atoms with van der Waals surface area (Å²) in [6.07, 6.45) is 2.57. The van der Waals surface area contributed by atoms with Crippen molar-refractivity contribution >= 4 is 34.6 Å². The zero-order chi connectivity index (χ0) is 13.9. The lowest BCUT2D eigenvalue weighted by Crippen LogP contribution is -2.33. The summed E-state index contributed by atoms with van der Waals surface area (Å²) >= 11 is 7.90. The Kier molecular flexibility index (Phi) is 4.05. The molecule has 7 heteroatoms. The minimum atomic E-state index is 0.310. The highest BCUT2D eigenvalue weighted by Crippen LogP contribution is 2.24. The van der Waals surface area contributed by atoms with Gasteiger partial charge in [0.05, 0.1) is 0 Å². The number of hydrogen-bond acceptors (Lipinski definition) is 6. The summed E-state index contributed by atoms with van der Waals surface area (Å²) in [5, 5.41) is 5.79. The number of hydrogen-bond donors (Lipinski definition) is 2. The quantitative estimate of drug-likeness (QED) is 0.906. The average molecular weight is 310 g/mol. The van der Waals surface area contributed by atoms with Gasteiger partial charge in [0, 0.05) is 31.1 Å². The van der Waals surface area contributed by atoms with Crippen molar-refractivity contribution in [2.24, 2.45) is 0 Å². The van der Waals surface area contributed by atoms with Crippen molar-refractivity contribution in [1.29, 1.82) is 0 Å². The van der Waals surface area contributed by atoms with E-state index in [2.05, 4.69) is 31.6 Å². The van der Waals surface area contributed by atoms with Crippen molar-refractivity contribution in [1.82, 2.24) is 14.9 Å². The molecule has 5 nitrogen and oxygen atoms in total. The van der Waals surface area contributed by atoms with E-state index >= 15 is 0 Å². The third-order valence-electron chi connectivity index (χ3n) is 3.42. The van der Waals surface area contributed by atoms with Crippen LogP contribution in [0, 0.1) is 0 Å². The van der Waals surface area contributed by atoms with Crippen LogP contribution in [-0.4, -0.2) is 34.5 Å². The van der Waals surface area contributed by atoms with E-state index < -0.39 is 0 Å². The molecule has 3 N–H and O–H groups in total. The molecule has 0 spiro atoms. The summed E-state index contributed by atoms with van der Waals surface area (Å²) in [5.74, 6) is 0.914. The van der Waals surface area contributed by atoms with Crippen molar-refractivity contribution in [3.8, 4) is 0 Å². The van der Waals surface area contributed by atoms with E-state index in [9.17, 15) is 0 Å². The minimum absolute atomic E-state index is 0.310. The highest BCUT2D eigenvalue weighted by molar-refractivity contribution is 7.10. The van der Waals surface area contributed by atoms with E-state index in [0.717, 1.165) is 32.6 Å². The molecule has 0 aromatic carbocycles. The molecular weight excluding hydrogens is 294 g/mol. The van der Waals surface area contributed by atoms with Gasteiger partial charge in [-0.1, -0.05) is 11.6 Å². The molecule has 3 heterocycles. The Morgan fingerprint density at radius 2 is 2.35 bits per heavy atom. The Balaban J connectivity index is 1.52. The normalized spacial score (nSPS) is 15.1. The maximum Gasteiger partial charge on any atom is 0.150 e. The van der Waals surface area contributed by atoms with Gasteiger partial charge in [-0.3, -0.25) is 4.90 Å². The number of anilines is 2. The molecule has 0 unspecified atom stereocenters. The van der Waals surface area contributed by atoms with Crippen LogP contribution in [0.1, 0.15) is 10.4 Å². The van der Waals surface area contributed by atoms with Crippen LogP contribution in [0.4, 0.5) is 11.6 Å². The molecule has 0 aliphatic carbocycles. The number of aromatic nitrogens is 2. The third kappa shape index (κ3) is 2.87.